The maximum Gasteiger partial charge on any atom is 0.276 e. The normalized spacial score (nSPS) is 14.5. The minimum Gasteiger partial charge on any atom is -0.497 e. The van der Waals surface area contributed by atoms with E-state index < -0.39 is 5.91 Å². The number of aromatic nitrogens is 2. The van der Waals surface area contributed by atoms with Gasteiger partial charge in [-0.05, 0) is 49.2 Å². The summed E-state index contributed by atoms with van der Waals surface area (Å²) in [4.78, 5) is 33.6. The Morgan fingerprint density at radius 1 is 1.17 bits per heavy atom. The van der Waals surface area contributed by atoms with Gasteiger partial charge in [0.1, 0.15) is 17.3 Å². The third-order valence-corrected chi connectivity index (χ3v) is 5.34. The SMILES string of the molecule is COc1ccc2[nH]c(C(=O)NC3CCN(c4ccc(C(=O)NO)cn4)CC3)cc2c1. The molecule has 156 valence electrons. The molecule has 0 saturated carbocycles. The van der Waals surface area contributed by atoms with Crippen molar-refractivity contribution in [1.82, 2.24) is 20.8 Å². The van der Waals surface area contributed by atoms with Crippen LogP contribution in [0.4, 0.5) is 5.82 Å². The van der Waals surface area contributed by atoms with Gasteiger partial charge in [-0.25, -0.2) is 10.5 Å². The molecule has 0 radical (unpaired) electrons. The second-order valence-corrected chi connectivity index (χ2v) is 7.22. The van der Waals surface area contributed by atoms with E-state index in [1.807, 2.05) is 24.3 Å². The average Bonchev–Trinajstić information content (AvgIpc) is 3.22. The molecule has 4 N–H and O–H groups in total. The molecule has 0 spiro atoms. The lowest BCUT2D eigenvalue weighted by Crippen LogP contribution is -2.45. The number of anilines is 1. The van der Waals surface area contributed by atoms with Crippen LogP contribution in [-0.4, -0.2) is 53.2 Å². The number of ether oxygens (including phenoxy) is 1. The van der Waals surface area contributed by atoms with Gasteiger partial charge in [0.05, 0.1) is 12.7 Å². The van der Waals surface area contributed by atoms with Crippen LogP contribution in [0.25, 0.3) is 10.9 Å². The number of methoxy groups -OCH3 is 1. The number of piperidine rings is 1. The Labute approximate surface area is 173 Å². The molecule has 1 aromatic carbocycles. The average molecular weight is 409 g/mol. The van der Waals surface area contributed by atoms with E-state index >= 15 is 0 Å². The molecule has 4 rings (SSSR count). The Morgan fingerprint density at radius 3 is 2.63 bits per heavy atom. The van der Waals surface area contributed by atoms with Crippen molar-refractivity contribution in [1.29, 1.82) is 0 Å². The van der Waals surface area contributed by atoms with Crippen LogP contribution in [0.5, 0.6) is 5.75 Å². The first-order chi connectivity index (χ1) is 14.6. The second-order valence-electron chi connectivity index (χ2n) is 7.22. The molecular weight excluding hydrogens is 386 g/mol. The fourth-order valence-electron chi connectivity index (χ4n) is 3.65. The molecule has 0 aliphatic carbocycles. The number of H-pyrrole nitrogens is 1. The van der Waals surface area contributed by atoms with Crippen LogP contribution >= 0.6 is 0 Å². The number of aromatic amines is 1. The smallest absolute Gasteiger partial charge is 0.276 e. The van der Waals surface area contributed by atoms with Crippen molar-refractivity contribution in [2.24, 2.45) is 0 Å². The Kier molecular flexibility index (Phi) is 5.53. The number of fused-ring (bicyclic) bond motifs is 1. The summed E-state index contributed by atoms with van der Waals surface area (Å²) in [6.45, 7) is 1.49. The van der Waals surface area contributed by atoms with Crippen molar-refractivity contribution < 1.29 is 19.5 Å². The highest BCUT2D eigenvalue weighted by Crippen LogP contribution is 2.22. The summed E-state index contributed by atoms with van der Waals surface area (Å²) < 4.78 is 5.23. The Bertz CT molecular complexity index is 1050. The van der Waals surface area contributed by atoms with Crippen LogP contribution in [0.15, 0.2) is 42.6 Å². The molecule has 0 atom stereocenters. The van der Waals surface area contributed by atoms with Crippen LogP contribution < -0.4 is 20.4 Å². The number of hydrogen-bond donors (Lipinski definition) is 4. The van der Waals surface area contributed by atoms with Crippen LogP contribution in [-0.2, 0) is 0 Å². The van der Waals surface area contributed by atoms with Gasteiger partial charge in [0.15, 0.2) is 0 Å². The first-order valence-electron chi connectivity index (χ1n) is 9.70. The Hall–Kier alpha value is -3.59. The van der Waals surface area contributed by atoms with Crippen molar-refractivity contribution in [3.63, 3.8) is 0 Å². The number of nitrogens with one attached hydrogen (secondary N) is 3. The molecule has 0 unspecified atom stereocenters. The molecule has 1 fully saturated rings. The first-order valence-corrected chi connectivity index (χ1v) is 9.70. The van der Waals surface area contributed by atoms with Gasteiger partial charge in [0, 0.05) is 36.2 Å². The molecule has 2 aromatic heterocycles. The molecule has 2 amide bonds. The van der Waals surface area contributed by atoms with Gasteiger partial charge in [-0.2, -0.15) is 0 Å². The monoisotopic (exact) mass is 409 g/mol. The molecule has 3 heterocycles. The summed E-state index contributed by atoms with van der Waals surface area (Å²) in [6.07, 6.45) is 3.01. The number of pyridine rings is 1. The van der Waals surface area contributed by atoms with Crippen molar-refractivity contribution in [2.75, 3.05) is 25.1 Å². The summed E-state index contributed by atoms with van der Waals surface area (Å²) in [5.41, 5.74) is 3.30. The predicted molar refractivity (Wildman–Crippen MR) is 111 cm³/mol. The van der Waals surface area contributed by atoms with Crippen LogP contribution in [0.2, 0.25) is 0 Å². The van der Waals surface area contributed by atoms with E-state index in [1.54, 1.807) is 24.7 Å². The summed E-state index contributed by atoms with van der Waals surface area (Å²) >= 11 is 0. The van der Waals surface area contributed by atoms with Gasteiger partial charge in [-0.15, -0.1) is 0 Å². The number of rotatable bonds is 5. The molecule has 1 aliphatic rings. The summed E-state index contributed by atoms with van der Waals surface area (Å²) in [6, 6.07) is 10.9. The van der Waals surface area contributed by atoms with Gasteiger partial charge < -0.3 is 19.9 Å². The molecule has 9 nitrogen and oxygen atoms in total. The van der Waals surface area contributed by atoms with E-state index in [0.29, 0.717) is 11.3 Å². The number of hydroxylamine groups is 1. The maximum absolute atomic E-state index is 12.7. The first kappa shape index (κ1) is 19.7. The molecule has 1 aliphatic heterocycles. The largest absolute Gasteiger partial charge is 0.497 e. The lowest BCUT2D eigenvalue weighted by Gasteiger charge is -2.33. The number of benzene rings is 1. The third kappa shape index (κ3) is 4.06. The van der Waals surface area contributed by atoms with Gasteiger partial charge in [0.2, 0.25) is 0 Å². The molecule has 0 bridgehead atoms. The molecule has 3 aromatic rings. The minimum absolute atomic E-state index is 0.0779. The van der Waals surface area contributed by atoms with Crippen molar-refractivity contribution in [2.45, 2.75) is 18.9 Å². The highest BCUT2D eigenvalue weighted by atomic mass is 16.5. The highest BCUT2D eigenvalue weighted by molar-refractivity contribution is 5.98. The van der Waals surface area contributed by atoms with E-state index in [2.05, 4.69) is 20.2 Å². The highest BCUT2D eigenvalue weighted by Gasteiger charge is 2.23. The zero-order valence-electron chi connectivity index (χ0n) is 16.5. The van der Waals surface area contributed by atoms with Crippen LogP contribution in [0.3, 0.4) is 0 Å². The number of hydrogen-bond acceptors (Lipinski definition) is 6. The number of carbonyl (C=O) groups excluding carboxylic acids is 2. The molecular formula is C21H23N5O4. The van der Waals surface area contributed by atoms with Crippen molar-refractivity contribution in [3.8, 4) is 5.75 Å². The summed E-state index contributed by atoms with van der Waals surface area (Å²) in [7, 11) is 1.61. The van der Waals surface area contributed by atoms with Gasteiger partial charge in [0.25, 0.3) is 11.8 Å². The van der Waals surface area contributed by atoms with E-state index in [9.17, 15) is 9.59 Å². The predicted octanol–water partition coefficient (Wildman–Crippen LogP) is 2.09. The van der Waals surface area contributed by atoms with Gasteiger partial charge >= 0.3 is 0 Å². The van der Waals surface area contributed by atoms with Gasteiger partial charge in [-0.3, -0.25) is 14.8 Å². The van der Waals surface area contributed by atoms with E-state index in [0.717, 1.165) is 48.4 Å². The Morgan fingerprint density at radius 2 is 1.97 bits per heavy atom. The lowest BCUT2D eigenvalue weighted by atomic mass is 10.0. The van der Waals surface area contributed by atoms with Crippen LogP contribution in [0.1, 0.15) is 33.7 Å². The maximum atomic E-state index is 12.7. The molecule has 9 heteroatoms. The fourth-order valence-corrected chi connectivity index (χ4v) is 3.65. The fraction of sp³-hybridized carbons (Fsp3) is 0.286. The van der Waals surface area contributed by atoms with Crippen LogP contribution in [0, 0.1) is 0 Å². The van der Waals surface area contributed by atoms with Crippen molar-refractivity contribution >= 4 is 28.5 Å². The molecule has 30 heavy (non-hydrogen) atoms. The number of carbonyl (C=O) groups is 2. The second kappa shape index (κ2) is 8.42. The van der Waals surface area contributed by atoms with E-state index in [1.165, 1.54) is 6.20 Å². The summed E-state index contributed by atoms with van der Waals surface area (Å²) in [5.74, 6) is 0.797. The zero-order valence-corrected chi connectivity index (χ0v) is 16.5. The zero-order chi connectivity index (χ0) is 21.1. The number of nitrogens with zero attached hydrogens (tertiary/aromatic N) is 2. The quantitative estimate of drug-likeness (QED) is 0.378. The standard InChI is InChI=1S/C21H23N5O4/c1-30-16-3-4-17-14(10-16)11-18(24-17)21(28)23-15-6-8-26(9-7-15)19-5-2-13(12-22-19)20(27)25-29/h2-5,10-12,15,24,29H,6-9H2,1H3,(H,23,28)(H,25,27). The summed E-state index contributed by atoms with van der Waals surface area (Å²) in [5, 5.41) is 12.7. The van der Waals surface area contributed by atoms with E-state index in [-0.39, 0.29) is 11.9 Å². The van der Waals surface area contributed by atoms with Gasteiger partial charge in [-0.1, -0.05) is 0 Å². The van der Waals surface area contributed by atoms with Crippen molar-refractivity contribution in [3.05, 3.63) is 53.9 Å². The lowest BCUT2D eigenvalue weighted by molar-refractivity contribution is 0.0706. The molecule has 1 saturated heterocycles. The number of amides is 2. The third-order valence-electron chi connectivity index (χ3n) is 5.34. The topological polar surface area (TPSA) is 120 Å². The van der Waals surface area contributed by atoms with E-state index in [4.69, 9.17) is 9.94 Å². The Balaban J connectivity index is 1.34. The minimum atomic E-state index is -0.592.